The SMILES string of the molecule is N#CC#CC#CC(=C1SC=CS1)C(C#N)=C1SC=CS1. The number of thioether (sulfide) groups is 4. The van der Waals surface area contributed by atoms with Crippen LogP contribution in [-0.2, 0) is 0 Å². The topological polar surface area (TPSA) is 47.6 Å². The highest BCUT2D eigenvalue weighted by atomic mass is 32.2. The first kappa shape index (κ1) is 14.9. The molecule has 0 fully saturated rings. The van der Waals surface area contributed by atoms with Gasteiger partial charge < -0.3 is 0 Å². The highest BCUT2D eigenvalue weighted by molar-refractivity contribution is 8.28. The van der Waals surface area contributed by atoms with Crippen LogP contribution >= 0.6 is 47.0 Å². The van der Waals surface area contributed by atoms with Crippen molar-refractivity contribution in [3.05, 3.63) is 41.3 Å². The van der Waals surface area contributed by atoms with Crippen LogP contribution in [0.4, 0.5) is 0 Å². The van der Waals surface area contributed by atoms with Crippen molar-refractivity contribution in [2.24, 2.45) is 0 Å². The van der Waals surface area contributed by atoms with Gasteiger partial charge in [-0.1, -0.05) is 47.0 Å². The van der Waals surface area contributed by atoms with Gasteiger partial charge in [0.2, 0.25) is 0 Å². The summed E-state index contributed by atoms with van der Waals surface area (Å²) in [5.41, 5.74) is 1.24. The first-order valence-electron chi connectivity index (χ1n) is 5.12. The molecule has 0 N–H and O–H groups in total. The summed E-state index contributed by atoms with van der Waals surface area (Å²) >= 11 is 6.11. The highest BCUT2D eigenvalue weighted by Gasteiger charge is 2.18. The van der Waals surface area contributed by atoms with Gasteiger partial charge in [0.1, 0.15) is 6.07 Å². The van der Waals surface area contributed by atoms with E-state index < -0.39 is 0 Å². The molecule has 2 nitrogen and oxygen atoms in total. The lowest BCUT2D eigenvalue weighted by Crippen LogP contribution is -1.89. The van der Waals surface area contributed by atoms with Crippen LogP contribution in [0.1, 0.15) is 0 Å². The third-order valence-corrected chi connectivity index (χ3v) is 6.21. The largest absolute Gasteiger partial charge is 0.192 e. The van der Waals surface area contributed by atoms with E-state index in [1.165, 1.54) is 47.0 Å². The first-order valence-corrected chi connectivity index (χ1v) is 8.64. The van der Waals surface area contributed by atoms with Gasteiger partial charge in [-0.05, 0) is 33.5 Å². The third kappa shape index (κ3) is 3.73. The minimum atomic E-state index is 0.565. The molecule has 0 aliphatic carbocycles. The number of allylic oxidation sites excluding steroid dienone is 2. The van der Waals surface area contributed by atoms with E-state index in [0.29, 0.717) is 11.1 Å². The fourth-order valence-electron chi connectivity index (χ4n) is 1.22. The Labute approximate surface area is 134 Å². The van der Waals surface area contributed by atoms with E-state index in [1.54, 1.807) is 6.07 Å². The van der Waals surface area contributed by atoms with Gasteiger partial charge in [-0.25, -0.2) is 0 Å². The van der Waals surface area contributed by atoms with Gasteiger partial charge in [0.05, 0.1) is 19.6 Å². The summed E-state index contributed by atoms with van der Waals surface area (Å²) in [7, 11) is 0. The maximum absolute atomic E-state index is 9.43. The van der Waals surface area contributed by atoms with Gasteiger partial charge in [-0.2, -0.15) is 10.5 Å². The van der Waals surface area contributed by atoms with Crippen LogP contribution in [0.5, 0.6) is 0 Å². The molecule has 0 saturated heterocycles. The summed E-state index contributed by atoms with van der Waals surface area (Å²) in [6, 6.07) is 3.94. The molecule has 2 aliphatic rings. The molecule has 2 rings (SSSR count). The fourth-order valence-corrected chi connectivity index (χ4v) is 4.79. The van der Waals surface area contributed by atoms with Crippen LogP contribution in [0.2, 0.25) is 0 Å². The van der Waals surface area contributed by atoms with E-state index in [9.17, 15) is 5.26 Å². The Kier molecular flexibility index (Phi) is 5.87. The van der Waals surface area contributed by atoms with Crippen molar-refractivity contribution in [1.29, 1.82) is 10.5 Å². The molecule has 0 atom stereocenters. The normalized spacial score (nSPS) is 14.7. The second kappa shape index (κ2) is 7.91. The van der Waals surface area contributed by atoms with E-state index in [-0.39, 0.29) is 0 Å². The molecule has 2 aliphatic heterocycles. The Morgan fingerprint density at radius 3 is 1.80 bits per heavy atom. The molecule has 94 valence electrons. The number of hydrogen-bond acceptors (Lipinski definition) is 6. The summed E-state index contributed by atoms with van der Waals surface area (Å²) < 4.78 is 1.89. The minimum absolute atomic E-state index is 0.565. The molecule has 0 aromatic rings. The maximum Gasteiger partial charge on any atom is 0.153 e. The second-order valence-corrected chi connectivity index (χ2v) is 7.25. The van der Waals surface area contributed by atoms with Crippen molar-refractivity contribution in [3.63, 3.8) is 0 Å². The van der Waals surface area contributed by atoms with E-state index in [1.807, 2.05) is 21.6 Å². The first-order chi connectivity index (χ1) is 9.86. The number of nitrogens with zero attached hydrogens (tertiary/aromatic N) is 2. The van der Waals surface area contributed by atoms with Gasteiger partial charge in [0.15, 0.2) is 6.07 Å². The van der Waals surface area contributed by atoms with Gasteiger partial charge >= 0.3 is 0 Å². The summed E-state index contributed by atoms with van der Waals surface area (Å²) in [6.45, 7) is 0. The predicted octanol–water partition coefficient (Wildman–Crippen LogP) is 4.37. The molecule has 2 heterocycles. The molecular weight excluding hydrogens is 324 g/mol. The lowest BCUT2D eigenvalue weighted by atomic mass is 10.1. The van der Waals surface area contributed by atoms with Crippen LogP contribution < -0.4 is 0 Å². The molecular formula is C14H4N2S4. The summed E-state index contributed by atoms with van der Waals surface area (Å²) in [6.07, 6.45) is 0. The van der Waals surface area contributed by atoms with Crippen molar-refractivity contribution in [3.8, 4) is 35.8 Å². The van der Waals surface area contributed by atoms with Crippen LogP contribution in [0.25, 0.3) is 0 Å². The lowest BCUT2D eigenvalue weighted by molar-refractivity contribution is 1.48. The van der Waals surface area contributed by atoms with Crippen LogP contribution in [-0.4, -0.2) is 0 Å². The molecule has 0 spiro atoms. The van der Waals surface area contributed by atoms with E-state index >= 15 is 0 Å². The summed E-state index contributed by atoms with van der Waals surface area (Å²) in [5.74, 6) is 10.2. The zero-order valence-corrected chi connectivity index (χ0v) is 13.1. The van der Waals surface area contributed by atoms with Crippen molar-refractivity contribution in [1.82, 2.24) is 0 Å². The Hall–Kier alpha value is -1.54. The number of nitriles is 2. The fraction of sp³-hybridized carbons (Fsp3) is 0. The Morgan fingerprint density at radius 2 is 1.30 bits per heavy atom. The van der Waals surface area contributed by atoms with Gasteiger partial charge in [0.25, 0.3) is 0 Å². The van der Waals surface area contributed by atoms with Crippen molar-refractivity contribution in [2.75, 3.05) is 0 Å². The summed E-state index contributed by atoms with van der Waals surface area (Å²) in [4.78, 5) is 0. The molecule has 0 saturated carbocycles. The van der Waals surface area contributed by atoms with Gasteiger partial charge in [-0.3, -0.25) is 0 Å². The molecule has 0 aromatic heterocycles. The quantitative estimate of drug-likeness (QED) is 0.526. The average molecular weight is 328 g/mol. The smallest absolute Gasteiger partial charge is 0.153 e. The highest BCUT2D eigenvalue weighted by Crippen LogP contribution is 2.46. The van der Waals surface area contributed by atoms with E-state index in [2.05, 4.69) is 29.8 Å². The van der Waals surface area contributed by atoms with Crippen molar-refractivity contribution >= 4 is 47.0 Å². The second-order valence-electron chi connectivity index (χ2n) is 3.06. The van der Waals surface area contributed by atoms with Crippen LogP contribution in [0.3, 0.4) is 0 Å². The molecule has 6 heteroatoms. The zero-order chi connectivity index (χ0) is 14.2. The monoisotopic (exact) mass is 328 g/mol. The van der Waals surface area contributed by atoms with Crippen LogP contribution in [0.15, 0.2) is 41.3 Å². The maximum atomic E-state index is 9.43. The lowest BCUT2D eigenvalue weighted by Gasteiger charge is -2.04. The Morgan fingerprint density at radius 1 is 0.750 bits per heavy atom. The Balaban J connectivity index is 2.45. The molecule has 0 bridgehead atoms. The van der Waals surface area contributed by atoms with Crippen molar-refractivity contribution < 1.29 is 0 Å². The molecule has 0 unspecified atom stereocenters. The molecule has 0 amide bonds. The third-order valence-electron chi connectivity index (χ3n) is 1.95. The minimum Gasteiger partial charge on any atom is -0.192 e. The molecule has 20 heavy (non-hydrogen) atoms. The number of hydrogen-bond donors (Lipinski definition) is 0. The number of rotatable bonds is 1. The predicted molar refractivity (Wildman–Crippen MR) is 89.5 cm³/mol. The molecule has 0 aromatic carbocycles. The Bertz CT molecular complexity index is 729. The summed E-state index contributed by atoms with van der Waals surface area (Å²) in [5, 5.41) is 25.6. The van der Waals surface area contributed by atoms with Gasteiger partial charge in [0, 0.05) is 11.8 Å². The van der Waals surface area contributed by atoms with Crippen molar-refractivity contribution in [2.45, 2.75) is 0 Å². The average Bonchev–Trinajstić information content (AvgIpc) is 3.14. The zero-order valence-electron chi connectivity index (χ0n) is 9.84. The van der Waals surface area contributed by atoms with E-state index in [0.717, 1.165) is 8.47 Å². The molecule has 0 radical (unpaired) electrons. The van der Waals surface area contributed by atoms with Crippen LogP contribution in [0, 0.1) is 46.3 Å². The van der Waals surface area contributed by atoms with Gasteiger partial charge in [-0.15, -0.1) is 0 Å². The standard InChI is InChI=1S/C14H4N2S4/c15-5-3-1-2-4-11(13-17-6-7-18-13)12(10-16)14-19-8-9-20-14/h6-9H. The van der Waals surface area contributed by atoms with E-state index in [4.69, 9.17) is 5.26 Å².